The summed E-state index contributed by atoms with van der Waals surface area (Å²) >= 11 is 0. The number of ether oxygens (including phenoxy) is 1. The van der Waals surface area contributed by atoms with E-state index in [0.717, 1.165) is 56.0 Å². The maximum atomic E-state index is 11.0. The first kappa shape index (κ1) is 17.4. The summed E-state index contributed by atoms with van der Waals surface area (Å²) in [7, 11) is 0. The highest BCUT2D eigenvalue weighted by Crippen LogP contribution is 2.22. The summed E-state index contributed by atoms with van der Waals surface area (Å²) in [6.07, 6.45) is 5.64. The Bertz CT molecular complexity index is 950. The molecule has 3 N–H and O–H groups in total. The van der Waals surface area contributed by atoms with Crippen molar-refractivity contribution in [3.63, 3.8) is 0 Å². The molecule has 0 atom stereocenters. The number of carbonyl (C=O) groups excluding carboxylic acids is 1. The molecule has 0 aliphatic carbocycles. The van der Waals surface area contributed by atoms with Gasteiger partial charge >= 0.3 is 6.03 Å². The van der Waals surface area contributed by atoms with Crippen LogP contribution in [0.25, 0.3) is 22.2 Å². The minimum absolute atomic E-state index is 0.398. The lowest BCUT2D eigenvalue weighted by Gasteiger charge is -2.26. The van der Waals surface area contributed by atoms with Crippen LogP contribution < -0.4 is 11.1 Å². The summed E-state index contributed by atoms with van der Waals surface area (Å²) in [6, 6.07) is 4.75. The van der Waals surface area contributed by atoms with E-state index in [9.17, 15) is 4.79 Å². The molecule has 140 valence electrons. The summed E-state index contributed by atoms with van der Waals surface area (Å²) in [4.78, 5) is 22.2. The normalized spacial score (nSPS) is 15.1. The van der Waals surface area contributed by atoms with Crippen LogP contribution in [0.1, 0.15) is 0 Å². The summed E-state index contributed by atoms with van der Waals surface area (Å²) in [5.41, 5.74) is 8.47. The number of fused-ring (bicyclic) bond motifs is 1. The molecule has 9 heteroatoms. The first-order valence-corrected chi connectivity index (χ1v) is 8.83. The van der Waals surface area contributed by atoms with Crippen molar-refractivity contribution in [3.8, 4) is 11.1 Å². The van der Waals surface area contributed by atoms with E-state index in [-0.39, 0.29) is 0 Å². The highest BCUT2D eigenvalue weighted by molar-refractivity contribution is 5.89. The van der Waals surface area contributed by atoms with Gasteiger partial charge in [0, 0.05) is 43.2 Å². The number of primary amides is 1. The van der Waals surface area contributed by atoms with Gasteiger partial charge in [-0.05, 0) is 18.2 Å². The minimum Gasteiger partial charge on any atom is -0.379 e. The van der Waals surface area contributed by atoms with E-state index < -0.39 is 6.03 Å². The van der Waals surface area contributed by atoms with Crippen molar-refractivity contribution in [2.75, 3.05) is 38.2 Å². The average molecular weight is 367 g/mol. The summed E-state index contributed by atoms with van der Waals surface area (Å²) in [5, 5.41) is 6.93. The first-order chi connectivity index (χ1) is 13.2. The zero-order valence-corrected chi connectivity index (χ0v) is 14.8. The van der Waals surface area contributed by atoms with Gasteiger partial charge in [0.15, 0.2) is 0 Å². The molecule has 1 fully saturated rings. The third-order valence-corrected chi connectivity index (χ3v) is 4.50. The average Bonchev–Trinajstić information content (AvgIpc) is 3.15. The zero-order chi connectivity index (χ0) is 18.6. The summed E-state index contributed by atoms with van der Waals surface area (Å²) in [5.74, 6) is 0.398. The van der Waals surface area contributed by atoms with Crippen molar-refractivity contribution in [1.82, 2.24) is 24.6 Å². The fourth-order valence-electron chi connectivity index (χ4n) is 3.06. The molecule has 0 radical (unpaired) electrons. The quantitative estimate of drug-likeness (QED) is 0.703. The number of morpholine rings is 1. The number of urea groups is 1. The Balaban J connectivity index is 1.49. The highest BCUT2D eigenvalue weighted by Gasteiger charge is 2.11. The van der Waals surface area contributed by atoms with Crippen LogP contribution in [0.15, 0.2) is 36.8 Å². The van der Waals surface area contributed by atoms with Crippen LogP contribution in [0.4, 0.5) is 10.6 Å². The van der Waals surface area contributed by atoms with Gasteiger partial charge in [-0.2, -0.15) is 5.10 Å². The van der Waals surface area contributed by atoms with Gasteiger partial charge in [-0.1, -0.05) is 0 Å². The number of anilines is 1. The molecule has 4 rings (SSSR count). The number of hydrogen-bond acceptors (Lipinski definition) is 6. The van der Waals surface area contributed by atoms with E-state index in [2.05, 4.69) is 25.3 Å². The van der Waals surface area contributed by atoms with Crippen molar-refractivity contribution in [2.45, 2.75) is 6.54 Å². The first-order valence-electron chi connectivity index (χ1n) is 8.83. The van der Waals surface area contributed by atoms with Crippen molar-refractivity contribution < 1.29 is 9.53 Å². The third kappa shape index (κ3) is 4.21. The number of carbonyl (C=O) groups is 1. The Labute approximate surface area is 156 Å². The highest BCUT2D eigenvalue weighted by atomic mass is 16.5. The van der Waals surface area contributed by atoms with E-state index in [1.54, 1.807) is 18.3 Å². The summed E-state index contributed by atoms with van der Waals surface area (Å²) < 4.78 is 7.31. The molecule has 0 bridgehead atoms. The molecular weight excluding hydrogens is 346 g/mol. The molecule has 2 amide bonds. The monoisotopic (exact) mass is 367 g/mol. The van der Waals surface area contributed by atoms with Crippen molar-refractivity contribution in [1.29, 1.82) is 0 Å². The fourth-order valence-corrected chi connectivity index (χ4v) is 3.06. The Hall–Kier alpha value is -3.04. The molecule has 27 heavy (non-hydrogen) atoms. The third-order valence-electron chi connectivity index (χ3n) is 4.50. The van der Waals surface area contributed by atoms with E-state index in [4.69, 9.17) is 10.5 Å². The SMILES string of the molecule is NC(=O)Nc1ccc2ncc(-c3cnn(CCN4CCOCC4)c3)cc2n1. The molecule has 9 nitrogen and oxygen atoms in total. The molecule has 0 saturated carbocycles. The Morgan fingerprint density at radius 3 is 2.81 bits per heavy atom. The molecule has 1 aliphatic rings. The van der Waals surface area contributed by atoms with Crippen LogP contribution in [-0.2, 0) is 11.3 Å². The molecule has 1 aliphatic heterocycles. The topological polar surface area (TPSA) is 111 Å². The second-order valence-electron chi connectivity index (χ2n) is 6.39. The number of nitrogens with two attached hydrogens (primary N) is 1. The van der Waals surface area contributed by atoms with Crippen LogP contribution in [0.5, 0.6) is 0 Å². The van der Waals surface area contributed by atoms with Gasteiger partial charge in [0.25, 0.3) is 0 Å². The van der Waals surface area contributed by atoms with Gasteiger partial charge in [0.2, 0.25) is 0 Å². The lowest BCUT2D eigenvalue weighted by Crippen LogP contribution is -2.38. The van der Waals surface area contributed by atoms with Crippen molar-refractivity contribution in [2.24, 2.45) is 5.73 Å². The molecular formula is C18H21N7O2. The van der Waals surface area contributed by atoms with Crippen LogP contribution in [0, 0.1) is 0 Å². The number of rotatable bonds is 5. The number of nitrogens with zero attached hydrogens (tertiary/aromatic N) is 5. The smallest absolute Gasteiger partial charge is 0.317 e. The zero-order valence-electron chi connectivity index (χ0n) is 14.8. The Kier molecular flexibility index (Phi) is 4.95. The Morgan fingerprint density at radius 1 is 1.15 bits per heavy atom. The predicted octanol–water partition coefficient (Wildman–Crippen LogP) is 1.32. The van der Waals surface area contributed by atoms with E-state index in [0.29, 0.717) is 11.3 Å². The molecule has 3 aromatic rings. The maximum Gasteiger partial charge on any atom is 0.317 e. The van der Waals surface area contributed by atoms with Crippen LogP contribution in [-0.4, -0.2) is 63.5 Å². The molecule has 3 aromatic heterocycles. The number of aromatic nitrogens is 4. The number of amides is 2. The van der Waals surface area contributed by atoms with E-state index in [1.807, 2.05) is 23.1 Å². The van der Waals surface area contributed by atoms with Crippen molar-refractivity contribution >= 4 is 22.9 Å². The number of nitrogens with one attached hydrogen (secondary N) is 1. The predicted molar refractivity (Wildman–Crippen MR) is 101 cm³/mol. The van der Waals surface area contributed by atoms with Crippen LogP contribution >= 0.6 is 0 Å². The van der Waals surface area contributed by atoms with Gasteiger partial charge in [0.1, 0.15) is 5.82 Å². The lowest BCUT2D eigenvalue weighted by atomic mass is 10.1. The van der Waals surface area contributed by atoms with Gasteiger partial charge in [-0.25, -0.2) is 9.78 Å². The van der Waals surface area contributed by atoms with Crippen molar-refractivity contribution in [3.05, 3.63) is 36.8 Å². The second kappa shape index (κ2) is 7.68. The van der Waals surface area contributed by atoms with E-state index in [1.165, 1.54) is 0 Å². The van der Waals surface area contributed by atoms with Crippen LogP contribution in [0.3, 0.4) is 0 Å². The Morgan fingerprint density at radius 2 is 2.00 bits per heavy atom. The molecule has 4 heterocycles. The van der Waals surface area contributed by atoms with Gasteiger partial charge in [-0.3, -0.25) is 19.9 Å². The standard InChI is InChI=1S/C18H21N7O2/c19-18(26)23-17-2-1-15-16(22-17)9-13(10-20-15)14-11-21-25(12-14)4-3-24-5-7-27-8-6-24/h1-2,9-12H,3-8H2,(H3,19,22,23,26). The second-order valence-corrected chi connectivity index (χ2v) is 6.39. The summed E-state index contributed by atoms with van der Waals surface area (Å²) in [6.45, 7) is 5.31. The largest absolute Gasteiger partial charge is 0.379 e. The van der Waals surface area contributed by atoms with Gasteiger partial charge in [-0.15, -0.1) is 0 Å². The van der Waals surface area contributed by atoms with Crippen LogP contribution in [0.2, 0.25) is 0 Å². The lowest BCUT2D eigenvalue weighted by molar-refractivity contribution is 0.0360. The maximum absolute atomic E-state index is 11.0. The molecule has 0 spiro atoms. The number of pyridine rings is 2. The van der Waals surface area contributed by atoms with Gasteiger partial charge in [0.05, 0.1) is 37.0 Å². The van der Waals surface area contributed by atoms with Gasteiger partial charge < -0.3 is 10.5 Å². The number of hydrogen-bond donors (Lipinski definition) is 2. The fraction of sp³-hybridized carbons (Fsp3) is 0.333. The molecule has 0 unspecified atom stereocenters. The molecule has 1 saturated heterocycles. The van der Waals surface area contributed by atoms with E-state index >= 15 is 0 Å². The molecule has 0 aromatic carbocycles. The minimum atomic E-state index is -0.646.